The van der Waals surface area contributed by atoms with E-state index in [1.165, 1.54) is 30.0 Å². The Balaban J connectivity index is 2.13. The molecular formula is C20H25AsFNO3. The van der Waals surface area contributed by atoms with Gasteiger partial charge in [-0.15, -0.1) is 0 Å². The monoisotopic (exact) mass is 421 g/mol. The first-order valence-electron chi connectivity index (χ1n) is 8.62. The van der Waals surface area contributed by atoms with Crippen LogP contribution in [-0.4, -0.2) is 43.5 Å². The SMILES string of the molecule is CCCCCN(C)c1ccc(Oc2ccc([AsH2])c(C(=O)OC)c2)cc1F. The van der Waals surface area contributed by atoms with Crippen LogP contribution in [0.25, 0.3) is 0 Å². The molecule has 1 atom stereocenters. The van der Waals surface area contributed by atoms with Crippen molar-refractivity contribution in [2.24, 2.45) is 0 Å². The minimum atomic E-state index is -0.412. The van der Waals surface area contributed by atoms with Crippen LogP contribution < -0.4 is 14.0 Å². The summed E-state index contributed by atoms with van der Waals surface area (Å²) in [5.41, 5.74) is 1.01. The number of carbonyl (C=O) groups is 1. The van der Waals surface area contributed by atoms with Gasteiger partial charge in [0.15, 0.2) is 0 Å². The van der Waals surface area contributed by atoms with Crippen LogP contribution in [-0.2, 0) is 4.74 Å². The van der Waals surface area contributed by atoms with Gasteiger partial charge in [-0.3, -0.25) is 0 Å². The van der Waals surface area contributed by atoms with Crippen molar-refractivity contribution in [1.29, 1.82) is 0 Å². The number of nitrogens with zero attached hydrogens (tertiary/aromatic N) is 1. The second-order valence-electron chi connectivity index (χ2n) is 6.08. The number of ether oxygens (including phenoxy) is 2. The van der Waals surface area contributed by atoms with Gasteiger partial charge in [0.1, 0.15) is 0 Å². The van der Waals surface area contributed by atoms with E-state index >= 15 is 0 Å². The molecule has 1 unspecified atom stereocenters. The van der Waals surface area contributed by atoms with Gasteiger partial charge in [0, 0.05) is 0 Å². The van der Waals surface area contributed by atoms with Crippen LogP contribution in [0.4, 0.5) is 10.1 Å². The molecule has 2 aromatic rings. The fourth-order valence-electron chi connectivity index (χ4n) is 2.60. The number of rotatable bonds is 8. The molecule has 0 aliphatic heterocycles. The zero-order valence-corrected chi connectivity index (χ0v) is 17.8. The average Bonchev–Trinajstić information content (AvgIpc) is 2.63. The summed E-state index contributed by atoms with van der Waals surface area (Å²) in [6.45, 7) is 2.96. The van der Waals surface area contributed by atoms with Crippen LogP contribution in [0.2, 0.25) is 0 Å². The van der Waals surface area contributed by atoms with Crippen LogP contribution in [0, 0.1) is 5.82 Å². The predicted molar refractivity (Wildman–Crippen MR) is 105 cm³/mol. The summed E-state index contributed by atoms with van der Waals surface area (Å²) in [5.74, 6) is 0.115. The number of methoxy groups -OCH3 is 1. The van der Waals surface area contributed by atoms with Crippen molar-refractivity contribution in [3.05, 3.63) is 47.8 Å². The molecule has 140 valence electrons. The quantitative estimate of drug-likeness (QED) is 0.373. The maximum absolute atomic E-state index is 14.4. The van der Waals surface area contributed by atoms with Crippen molar-refractivity contribution >= 4 is 32.9 Å². The van der Waals surface area contributed by atoms with Crippen molar-refractivity contribution in [2.45, 2.75) is 26.2 Å². The van der Waals surface area contributed by atoms with Gasteiger partial charge in [-0.05, 0) is 0 Å². The van der Waals surface area contributed by atoms with Crippen LogP contribution >= 0.6 is 0 Å². The summed E-state index contributed by atoms with van der Waals surface area (Å²) in [6.07, 6.45) is 3.30. The zero-order valence-electron chi connectivity index (χ0n) is 15.4. The van der Waals surface area contributed by atoms with E-state index in [9.17, 15) is 9.18 Å². The molecule has 0 heterocycles. The van der Waals surface area contributed by atoms with Crippen molar-refractivity contribution in [3.63, 3.8) is 0 Å². The van der Waals surface area contributed by atoms with Crippen molar-refractivity contribution in [3.8, 4) is 11.5 Å². The first kappa shape index (κ1) is 20.3. The molecule has 0 aliphatic carbocycles. The summed E-state index contributed by atoms with van der Waals surface area (Å²) in [4.78, 5) is 13.7. The number of carbonyl (C=O) groups excluding carboxylic acids is 1. The predicted octanol–water partition coefficient (Wildman–Crippen LogP) is 3.29. The number of halogens is 1. The second-order valence-corrected chi connectivity index (χ2v) is 7.39. The van der Waals surface area contributed by atoms with Gasteiger partial charge in [0.25, 0.3) is 0 Å². The van der Waals surface area contributed by atoms with E-state index < -0.39 is 5.97 Å². The average molecular weight is 421 g/mol. The molecule has 2 aromatic carbocycles. The van der Waals surface area contributed by atoms with E-state index in [4.69, 9.17) is 9.47 Å². The van der Waals surface area contributed by atoms with Gasteiger partial charge in [-0.25, -0.2) is 0 Å². The summed E-state index contributed by atoms with van der Waals surface area (Å²) in [6, 6.07) is 9.99. The van der Waals surface area contributed by atoms with E-state index in [0.29, 0.717) is 22.7 Å². The Bertz CT molecular complexity index is 767. The summed E-state index contributed by atoms with van der Waals surface area (Å²) in [7, 11) is 3.23. The number of unbranched alkanes of at least 4 members (excludes halogenated alkanes) is 2. The van der Waals surface area contributed by atoms with Gasteiger partial charge < -0.3 is 0 Å². The molecule has 26 heavy (non-hydrogen) atoms. The Morgan fingerprint density at radius 3 is 2.50 bits per heavy atom. The molecule has 0 amide bonds. The Kier molecular flexibility index (Phi) is 7.52. The number of hydrogen-bond acceptors (Lipinski definition) is 4. The summed E-state index contributed by atoms with van der Waals surface area (Å²) >= 11 is 1.33. The zero-order chi connectivity index (χ0) is 19.1. The number of anilines is 1. The molecule has 0 spiro atoms. The Morgan fingerprint density at radius 1 is 1.15 bits per heavy atom. The van der Waals surface area contributed by atoms with E-state index in [-0.39, 0.29) is 5.82 Å². The van der Waals surface area contributed by atoms with Crippen LogP contribution in [0.5, 0.6) is 11.5 Å². The molecule has 0 aliphatic rings. The van der Waals surface area contributed by atoms with Gasteiger partial charge in [0.05, 0.1) is 0 Å². The second kappa shape index (κ2) is 9.63. The Labute approximate surface area is 162 Å². The fourth-order valence-corrected chi connectivity index (χ4v) is 3.23. The molecule has 0 saturated carbocycles. The molecule has 0 aromatic heterocycles. The molecule has 0 radical (unpaired) electrons. The molecule has 0 bridgehead atoms. The topological polar surface area (TPSA) is 38.8 Å². The fraction of sp³-hybridized carbons (Fsp3) is 0.350. The third-order valence-electron chi connectivity index (χ3n) is 4.09. The molecule has 0 N–H and O–H groups in total. The Hall–Kier alpha value is -2.00. The summed E-state index contributed by atoms with van der Waals surface area (Å²) < 4.78 is 25.8. The van der Waals surface area contributed by atoms with Crippen molar-refractivity contribution in [2.75, 3.05) is 25.6 Å². The third kappa shape index (κ3) is 5.25. The van der Waals surface area contributed by atoms with Gasteiger partial charge in [-0.1, -0.05) is 19.8 Å². The van der Waals surface area contributed by atoms with Crippen LogP contribution in [0.15, 0.2) is 36.4 Å². The van der Waals surface area contributed by atoms with E-state index in [1.807, 2.05) is 11.9 Å². The van der Waals surface area contributed by atoms with Crippen LogP contribution in [0.3, 0.4) is 0 Å². The number of benzene rings is 2. The van der Waals surface area contributed by atoms with E-state index in [0.717, 1.165) is 30.2 Å². The van der Waals surface area contributed by atoms with Crippen LogP contribution in [0.1, 0.15) is 36.5 Å². The number of hydrogen-bond donors (Lipinski definition) is 0. The molecular weight excluding hydrogens is 396 g/mol. The standard InChI is InChI=1S/C20H25AsFNO3/c1-4-5-6-11-23(2)19-10-8-15(13-18(19)22)26-14-7-9-17(21)16(12-14)20(24)25-3/h7-10,12-13H,4-6,11,21H2,1-3H3. The van der Waals surface area contributed by atoms with Crippen molar-refractivity contribution in [1.82, 2.24) is 0 Å². The molecule has 0 fully saturated rings. The first-order chi connectivity index (χ1) is 12.5. The van der Waals surface area contributed by atoms with E-state index in [2.05, 4.69) is 6.92 Å². The van der Waals surface area contributed by atoms with Gasteiger partial charge in [0.2, 0.25) is 0 Å². The molecule has 2 rings (SSSR count). The summed E-state index contributed by atoms with van der Waals surface area (Å²) in [5, 5.41) is 0. The normalized spacial score (nSPS) is 10.5. The third-order valence-corrected chi connectivity index (χ3v) is 5.15. The Morgan fingerprint density at radius 2 is 1.85 bits per heavy atom. The first-order valence-corrected chi connectivity index (χ1v) is 9.83. The molecule has 4 nitrogen and oxygen atoms in total. The van der Waals surface area contributed by atoms with Crippen molar-refractivity contribution < 1.29 is 18.7 Å². The van der Waals surface area contributed by atoms with Gasteiger partial charge >= 0.3 is 143 Å². The van der Waals surface area contributed by atoms with Gasteiger partial charge in [-0.2, -0.15) is 0 Å². The van der Waals surface area contributed by atoms with E-state index in [1.54, 1.807) is 30.3 Å². The minimum absolute atomic E-state index is 0.329. The molecule has 0 saturated heterocycles. The number of esters is 1. The molecule has 6 heteroatoms. The maximum atomic E-state index is 14.4.